The van der Waals surface area contributed by atoms with Crippen molar-refractivity contribution in [2.75, 3.05) is 13.2 Å². The van der Waals surface area contributed by atoms with Crippen molar-refractivity contribution < 1.29 is 10.2 Å². The standard InChI is InChI=1S/C11H15BrClNO2/c1-11(16,7-15)6-14-5-8-4-9(13)2-3-10(8)12/h2-4,14-16H,5-7H2,1H3. The first-order valence-electron chi connectivity index (χ1n) is 4.92. The minimum Gasteiger partial charge on any atom is -0.393 e. The first kappa shape index (κ1) is 13.9. The molecule has 1 aromatic rings. The van der Waals surface area contributed by atoms with Crippen LogP contribution in [0.4, 0.5) is 0 Å². The number of halogens is 2. The summed E-state index contributed by atoms with van der Waals surface area (Å²) < 4.78 is 0.966. The molecular weight excluding hydrogens is 293 g/mol. The van der Waals surface area contributed by atoms with Gasteiger partial charge in [-0.2, -0.15) is 0 Å². The predicted molar refractivity (Wildman–Crippen MR) is 68.6 cm³/mol. The lowest BCUT2D eigenvalue weighted by Gasteiger charge is -2.20. The first-order valence-corrected chi connectivity index (χ1v) is 6.09. The molecule has 90 valence electrons. The highest BCUT2D eigenvalue weighted by molar-refractivity contribution is 9.10. The second kappa shape index (κ2) is 5.98. The van der Waals surface area contributed by atoms with Crippen molar-refractivity contribution in [3.05, 3.63) is 33.3 Å². The molecule has 3 nitrogen and oxygen atoms in total. The smallest absolute Gasteiger partial charge is 0.0972 e. The summed E-state index contributed by atoms with van der Waals surface area (Å²) in [5, 5.41) is 22.2. The summed E-state index contributed by atoms with van der Waals surface area (Å²) in [7, 11) is 0. The molecule has 0 aromatic heterocycles. The van der Waals surface area contributed by atoms with Gasteiger partial charge in [0.15, 0.2) is 0 Å². The van der Waals surface area contributed by atoms with Gasteiger partial charge in [-0.1, -0.05) is 27.5 Å². The Balaban J connectivity index is 2.52. The second-order valence-corrected chi connectivity index (χ2v) is 5.29. The van der Waals surface area contributed by atoms with Crippen LogP contribution in [0.5, 0.6) is 0 Å². The fourth-order valence-corrected chi connectivity index (χ4v) is 1.78. The van der Waals surface area contributed by atoms with Gasteiger partial charge in [0, 0.05) is 22.6 Å². The number of aliphatic hydroxyl groups is 2. The van der Waals surface area contributed by atoms with Crippen LogP contribution >= 0.6 is 27.5 Å². The van der Waals surface area contributed by atoms with Crippen molar-refractivity contribution >= 4 is 27.5 Å². The Morgan fingerprint density at radius 3 is 2.81 bits per heavy atom. The van der Waals surface area contributed by atoms with Gasteiger partial charge in [0.2, 0.25) is 0 Å². The molecule has 0 fully saturated rings. The number of nitrogens with one attached hydrogen (secondary N) is 1. The monoisotopic (exact) mass is 307 g/mol. The average Bonchev–Trinajstić information content (AvgIpc) is 2.23. The topological polar surface area (TPSA) is 52.5 Å². The van der Waals surface area contributed by atoms with Gasteiger partial charge in [0.1, 0.15) is 0 Å². The third kappa shape index (κ3) is 4.39. The van der Waals surface area contributed by atoms with Gasteiger partial charge in [0.05, 0.1) is 12.2 Å². The molecule has 0 saturated heterocycles. The van der Waals surface area contributed by atoms with Crippen molar-refractivity contribution in [2.45, 2.75) is 19.1 Å². The molecule has 0 amide bonds. The van der Waals surface area contributed by atoms with Crippen molar-refractivity contribution in [3.8, 4) is 0 Å². The van der Waals surface area contributed by atoms with Crippen LogP contribution in [0.15, 0.2) is 22.7 Å². The minimum atomic E-state index is -1.09. The van der Waals surface area contributed by atoms with Gasteiger partial charge < -0.3 is 15.5 Å². The maximum Gasteiger partial charge on any atom is 0.0972 e. The fraction of sp³-hybridized carbons (Fsp3) is 0.455. The molecule has 1 unspecified atom stereocenters. The molecule has 0 radical (unpaired) electrons. The maximum absolute atomic E-state index is 9.57. The number of rotatable bonds is 5. The molecule has 16 heavy (non-hydrogen) atoms. The maximum atomic E-state index is 9.57. The number of hydrogen-bond donors (Lipinski definition) is 3. The van der Waals surface area contributed by atoms with Crippen LogP contribution in [0.1, 0.15) is 12.5 Å². The fourth-order valence-electron chi connectivity index (χ4n) is 1.20. The zero-order valence-electron chi connectivity index (χ0n) is 9.00. The van der Waals surface area contributed by atoms with Crippen molar-refractivity contribution in [2.24, 2.45) is 0 Å². The Kier molecular flexibility index (Phi) is 5.21. The summed E-state index contributed by atoms with van der Waals surface area (Å²) in [5.74, 6) is 0. The lowest BCUT2D eigenvalue weighted by molar-refractivity contribution is 0.00253. The van der Waals surface area contributed by atoms with Gasteiger partial charge in [0.25, 0.3) is 0 Å². The summed E-state index contributed by atoms with van der Waals surface area (Å²) >= 11 is 9.29. The molecule has 0 aliphatic rings. The zero-order chi connectivity index (χ0) is 12.2. The number of benzene rings is 1. The molecule has 1 aromatic carbocycles. The van der Waals surface area contributed by atoms with Gasteiger partial charge in [-0.15, -0.1) is 0 Å². The van der Waals surface area contributed by atoms with E-state index in [0.717, 1.165) is 10.0 Å². The molecule has 5 heteroatoms. The highest BCUT2D eigenvalue weighted by Crippen LogP contribution is 2.20. The second-order valence-electron chi connectivity index (χ2n) is 3.99. The van der Waals surface area contributed by atoms with E-state index in [2.05, 4.69) is 21.2 Å². The number of aliphatic hydroxyl groups excluding tert-OH is 1. The van der Waals surface area contributed by atoms with Crippen LogP contribution < -0.4 is 5.32 Å². The Hall–Kier alpha value is -0.130. The molecule has 0 bridgehead atoms. The van der Waals surface area contributed by atoms with Crippen LogP contribution in [-0.4, -0.2) is 29.0 Å². The Morgan fingerprint density at radius 2 is 2.19 bits per heavy atom. The van der Waals surface area contributed by atoms with E-state index in [0.29, 0.717) is 18.1 Å². The van der Waals surface area contributed by atoms with Crippen LogP contribution in [0.3, 0.4) is 0 Å². The summed E-state index contributed by atoms with van der Waals surface area (Å²) in [6.07, 6.45) is 0. The predicted octanol–water partition coefficient (Wildman–Crippen LogP) is 1.94. The highest BCUT2D eigenvalue weighted by Gasteiger charge is 2.17. The Morgan fingerprint density at radius 1 is 1.50 bits per heavy atom. The first-order chi connectivity index (χ1) is 7.44. The summed E-state index contributed by atoms with van der Waals surface area (Å²) in [5.41, 5.74) is -0.0772. The van der Waals surface area contributed by atoms with E-state index in [1.807, 2.05) is 12.1 Å². The molecule has 1 atom stereocenters. The van der Waals surface area contributed by atoms with Gasteiger partial charge in [-0.25, -0.2) is 0 Å². The molecule has 3 N–H and O–H groups in total. The normalized spacial score (nSPS) is 14.8. The zero-order valence-corrected chi connectivity index (χ0v) is 11.3. The highest BCUT2D eigenvalue weighted by atomic mass is 79.9. The SMILES string of the molecule is CC(O)(CO)CNCc1cc(Cl)ccc1Br. The lowest BCUT2D eigenvalue weighted by Crippen LogP contribution is -2.40. The van der Waals surface area contributed by atoms with Crippen molar-refractivity contribution in [3.63, 3.8) is 0 Å². The van der Waals surface area contributed by atoms with Gasteiger partial charge in [-0.05, 0) is 30.7 Å². The summed E-state index contributed by atoms with van der Waals surface area (Å²) in [6.45, 7) is 2.21. The minimum absolute atomic E-state index is 0.267. The molecule has 0 aliphatic carbocycles. The van der Waals surface area contributed by atoms with Crippen LogP contribution in [-0.2, 0) is 6.54 Å². The Bertz CT molecular complexity index is 358. The van der Waals surface area contributed by atoms with Crippen molar-refractivity contribution in [1.29, 1.82) is 0 Å². The summed E-state index contributed by atoms with van der Waals surface area (Å²) in [6, 6.07) is 5.54. The molecule has 1 rings (SSSR count). The van der Waals surface area contributed by atoms with Crippen LogP contribution in [0.2, 0.25) is 5.02 Å². The van der Waals surface area contributed by atoms with Crippen LogP contribution in [0, 0.1) is 0 Å². The largest absolute Gasteiger partial charge is 0.393 e. The third-order valence-corrected chi connectivity index (χ3v) is 3.18. The molecule has 0 spiro atoms. The van der Waals surface area contributed by atoms with Gasteiger partial charge in [-0.3, -0.25) is 0 Å². The van der Waals surface area contributed by atoms with Crippen LogP contribution in [0.25, 0.3) is 0 Å². The van der Waals surface area contributed by atoms with E-state index < -0.39 is 5.60 Å². The van der Waals surface area contributed by atoms with Gasteiger partial charge >= 0.3 is 0 Å². The molecule has 0 heterocycles. The quantitative estimate of drug-likeness (QED) is 0.779. The third-order valence-electron chi connectivity index (χ3n) is 2.17. The van der Waals surface area contributed by atoms with E-state index >= 15 is 0 Å². The van der Waals surface area contributed by atoms with E-state index in [9.17, 15) is 5.11 Å². The summed E-state index contributed by atoms with van der Waals surface area (Å²) in [4.78, 5) is 0. The van der Waals surface area contributed by atoms with E-state index in [1.165, 1.54) is 0 Å². The number of hydrogen-bond acceptors (Lipinski definition) is 3. The molecular formula is C11H15BrClNO2. The van der Waals surface area contributed by atoms with E-state index in [4.69, 9.17) is 16.7 Å². The molecule has 0 aliphatic heterocycles. The average molecular weight is 309 g/mol. The van der Waals surface area contributed by atoms with E-state index in [1.54, 1.807) is 13.0 Å². The lowest BCUT2D eigenvalue weighted by atomic mass is 10.1. The molecule has 0 saturated carbocycles. The van der Waals surface area contributed by atoms with Crippen molar-refractivity contribution in [1.82, 2.24) is 5.32 Å². The Labute approximate surface area is 109 Å². The van der Waals surface area contributed by atoms with E-state index in [-0.39, 0.29) is 6.61 Å².